The first-order valence-electron chi connectivity index (χ1n) is 9.72. The van der Waals surface area contributed by atoms with Gasteiger partial charge in [-0.05, 0) is 48.0 Å². The Morgan fingerprint density at radius 3 is 2.38 bits per heavy atom. The maximum Gasteiger partial charge on any atom is 0.278 e. The summed E-state index contributed by atoms with van der Waals surface area (Å²) in [6, 6.07) is 18.5. The lowest BCUT2D eigenvalue weighted by atomic mass is 10.2. The maximum absolute atomic E-state index is 13.3. The van der Waals surface area contributed by atoms with Crippen molar-refractivity contribution in [2.24, 2.45) is 5.10 Å². The quantitative estimate of drug-likeness (QED) is 0.235. The topological polar surface area (TPSA) is 122 Å². The van der Waals surface area contributed by atoms with Crippen molar-refractivity contribution < 1.29 is 18.1 Å². The second kappa shape index (κ2) is 11.3. The lowest BCUT2D eigenvalue weighted by molar-refractivity contribution is -0.385. The van der Waals surface area contributed by atoms with Crippen LogP contribution < -0.4 is 5.43 Å². The van der Waals surface area contributed by atoms with Crippen molar-refractivity contribution in [1.82, 2.24) is 9.73 Å². The average Bonchev–Trinajstić information content (AvgIpc) is 2.80. The molecule has 0 unspecified atom stereocenters. The number of nitrogens with zero attached hydrogens (tertiary/aromatic N) is 3. The number of halogens is 2. The molecule has 12 heteroatoms. The van der Waals surface area contributed by atoms with Crippen LogP contribution in [0.25, 0.3) is 0 Å². The van der Waals surface area contributed by atoms with E-state index in [-0.39, 0.29) is 22.7 Å². The molecule has 0 aliphatic carbocycles. The third-order valence-corrected chi connectivity index (χ3v) is 7.16. The molecule has 3 rings (SSSR count). The van der Waals surface area contributed by atoms with Gasteiger partial charge in [0.1, 0.15) is 0 Å². The molecular weight excluding hydrogens is 548 g/mol. The van der Waals surface area contributed by atoms with Gasteiger partial charge in [-0.25, -0.2) is 13.8 Å². The molecule has 0 atom stereocenters. The molecule has 3 aromatic carbocycles. The highest BCUT2D eigenvalue weighted by Crippen LogP contribution is 2.21. The van der Waals surface area contributed by atoms with E-state index in [1.54, 1.807) is 42.5 Å². The Morgan fingerprint density at radius 2 is 1.74 bits per heavy atom. The van der Waals surface area contributed by atoms with E-state index in [2.05, 4.69) is 26.5 Å². The number of nitro benzene ring substituents is 1. The minimum absolute atomic E-state index is 0.0147. The number of para-hydroxylation sites is 1. The fourth-order valence-corrected chi connectivity index (χ4v) is 4.68. The Hall–Kier alpha value is -3.12. The fourth-order valence-electron chi connectivity index (χ4n) is 2.91. The van der Waals surface area contributed by atoms with Gasteiger partial charge in [0.2, 0.25) is 10.0 Å². The molecule has 0 saturated carbocycles. The first-order valence-corrected chi connectivity index (χ1v) is 12.3. The van der Waals surface area contributed by atoms with Crippen LogP contribution in [0, 0.1) is 10.1 Å². The number of carbonyl (C=O) groups excluding carboxylic acids is 1. The largest absolute Gasteiger partial charge is 0.278 e. The summed E-state index contributed by atoms with van der Waals surface area (Å²) in [4.78, 5) is 23.1. The first-order chi connectivity index (χ1) is 16.2. The molecule has 0 aliphatic rings. The molecule has 176 valence electrons. The van der Waals surface area contributed by atoms with Crippen LogP contribution in [0.4, 0.5) is 5.69 Å². The number of sulfonamides is 1. The van der Waals surface area contributed by atoms with Crippen LogP contribution in [0.1, 0.15) is 11.1 Å². The molecule has 1 N–H and O–H groups in total. The lowest BCUT2D eigenvalue weighted by Crippen LogP contribution is -2.39. The van der Waals surface area contributed by atoms with Crippen LogP contribution in [0.3, 0.4) is 0 Å². The Morgan fingerprint density at radius 1 is 1.09 bits per heavy atom. The van der Waals surface area contributed by atoms with Crippen LogP contribution in [-0.2, 0) is 21.4 Å². The second-order valence-electron chi connectivity index (χ2n) is 6.96. The van der Waals surface area contributed by atoms with Gasteiger partial charge < -0.3 is 0 Å². The predicted octanol–water partition coefficient (Wildman–Crippen LogP) is 4.35. The summed E-state index contributed by atoms with van der Waals surface area (Å²) in [5.41, 5.74) is 2.86. The minimum atomic E-state index is -4.04. The Labute approximate surface area is 209 Å². The number of carbonyl (C=O) groups is 1. The standard InChI is InChI=1S/C22H18BrClN4O5S/c23-18-7-11-20(12-8-18)34(32,33)27(14-16-5-9-19(24)10-6-16)15-22(29)26-25-13-17-3-1-2-4-21(17)28(30)31/h1-13H,14-15H2,(H,26,29)/b25-13-. The molecule has 1 amide bonds. The molecular formula is C22H18BrClN4O5S. The zero-order chi connectivity index (χ0) is 24.7. The van der Waals surface area contributed by atoms with Crippen molar-refractivity contribution in [2.45, 2.75) is 11.4 Å². The molecule has 0 aliphatic heterocycles. The highest BCUT2D eigenvalue weighted by Gasteiger charge is 2.27. The molecule has 0 spiro atoms. The van der Waals surface area contributed by atoms with E-state index in [0.29, 0.717) is 15.1 Å². The second-order valence-corrected chi connectivity index (χ2v) is 10.3. The van der Waals surface area contributed by atoms with Gasteiger partial charge >= 0.3 is 0 Å². The third-order valence-electron chi connectivity index (χ3n) is 4.57. The Balaban J connectivity index is 1.80. The van der Waals surface area contributed by atoms with E-state index >= 15 is 0 Å². The van der Waals surface area contributed by atoms with Crippen LogP contribution in [-0.4, -0.2) is 36.3 Å². The molecule has 0 aromatic heterocycles. The van der Waals surface area contributed by atoms with E-state index in [4.69, 9.17) is 11.6 Å². The van der Waals surface area contributed by atoms with Gasteiger partial charge in [-0.1, -0.05) is 51.8 Å². The minimum Gasteiger partial charge on any atom is -0.272 e. The fraction of sp³-hybridized carbons (Fsp3) is 0.0909. The Kier molecular flexibility index (Phi) is 8.51. The number of hydrazone groups is 1. The van der Waals surface area contributed by atoms with Crippen molar-refractivity contribution in [3.8, 4) is 0 Å². The molecule has 0 radical (unpaired) electrons. The van der Waals surface area contributed by atoms with E-state index in [1.807, 2.05) is 0 Å². The van der Waals surface area contributed by atoms with Crippen LogP contribution in [0.2, 0.25) is 5.02 Å². The highest BCUT2D eigenvalue weighted by molar-refractivity contribution is 9.10. The Bertz CT molecular complexity index is 1320. The average molecular weight is 566 g/mol. The monoisotopic (exact) mass is 564 g/mol. The predicted molar refractivity (Wildman–Crippen MR) is 132 cm³/mol. The van der Waals surface area contributed by atoms with Crippen LogP contribution in [0.5, 0.6) is 0 Å². The van der Waals surface area contributed by atoms with Crippen LogP contribution >= 0.6 is 27.5 Å². The summed E-state index contributed by atoms with van der Waals surface area (Å²) < 4.78 is 28.2. The molecule has 0 heterocycles. The number of hydrogen-bond acceptors (Lipinski definition) is 6. The van der Waals surface area contributed by atoms with E-state index < -0.39 is 27.4 Å². The van der Waals surface area contributed by atoms with Gasteiger partial charge in [0.25, 0.3) is 11.6 Å². The van der Waals surface area contributed by atoms with Crippen molar-refractivity contribution >= 4 is 55.4 Å². The summed E-state index contributed by atoms with van der Waals surface area (Å²) in [6.07, 6.45) is 1.13. The number of amides is 1. The van der Waals surface area contributed by atoms with Crippen molar-refractivity contribution in [1.29, 1.82) is 0 Å². The van der Waals surface area contributed by atoms with Crippen molar-refractivity contribution in [2.75, 3.05) is 6.54 Å². The van der Waals surface area contributed by atoms with Gasteiger partial charge in [-0.2, -0.15) is 9.41 Å². The molecule has 0 bridgehead atoms. The summed E-state index contributed by atoms with van der Waals surface area (Å²) >= 11 is 9.18. The molecule has 0 fully saturated rings. The molecule has 0 saturated heterocycles. The van der Waals surface area contributed by atoms with E-state index in [9.17, 15) is 23.3 Å². The van der Waals surface area contributed by atoms with Gasteiger partial charge in [0.15, 0.2) is 0 Å². The number of rotatable bonds is 9. The zero-order valence-corrected chi connectivity index (χ0v) is 20.6. The highest BCUT2D eigenvalue weighted by atomic mass is 79.9. The van der Waals surface area contributed by atoms with Gasteiger partial charge in [-0.15, -0.1) is 0 Å². The van der Waals surface area contributed by atoms with E-state index in [0.717, 1.165) is 10.5 Å². The number of benzene rings is 3. The van der Waals surface area contributed by atoms with Gasteiger partial charge in [-0.3, -0.25) is 14.9 Å². The summed E-state index contributed by atoms with van der Waals surface area (Å²) in [7, 11) is -4.04. The third kappa shape index (κ3) is 6.70. The van der Waals surface area contributed by atoms with Crippen LogP contribution in [0.15, 0.2) is 87.3 Å². The summed E-state index contributed by atoms with van der Waals surface area (Å²) in [5.74, 6) is -0.718. The first kappa shape index (κ1) is 25.5. The van der Waals surface area contributed by atoms with Crippen molar-refractivity contribution in [3.05, 3.63) is 104 Å². The zero-order valence-electron chi connectivity index (χ0n) is 17.5. The normalized spacial score (nSPS) is 11.6. The molecule has 9 nitrogen and oxygen atoms in total. The maximum atomic E-state index is 13.3. The SMILES string of the molecule is O=C(CN(Cc1ccc(Cl)cc1)S(=O)(=O)c1ccc(Br)cc1)N/N=C\c1ccccc1[N+](=O)[O-]. The summed E-state index contributed by atoms with van der Waals surface area (Å²) in [5, 5.41) is 15.3. The molecule has 34 heavy (non-hydrogen) atoms. The van der Waals surface area contributed by atoms with E-state index in [1.165, 1.54) is 30.3 Å². The number of nitro groups is 1. The number of nitrogens with one attached hydrogen (secondary N) is 1. The molecule has 3 aromatic rings. The lowest BCUT2D eigenvalue weighted by Gasteiger charge is -2.21. The smallest absolute Gasteiger partial charge is 0.272 e. The number of hydrogen-bond donors (Lipinski definition) is 1. The summed E-state index contributed by atoms with van der Waals surface area (Å²) in [6.45, 7) is -0.619. The van der Waals surface area contributed by atoms with Gasteiger partial charge in [0, 0.05) is 22.1 Å². The van der Waals surface area contributed by atoms with Crippen molar-refractivity contribution in [3.63, 3.8) is 0 Å². The van der Waals surface area contributed by atoms with Gasteiger partial charge in [0.05, 0.1) is 28.1 Å².